The zero-order valence-corrected chi connectivity index (χ0v) is 23.7. The van der Waals surface area contributed by atoms with Gasteiger partial charge >= 0.3 is 12.1 Å². The Morgan fingerprint density at radius 2 is 1.84 bits per heavy atom. The van der Waals surface area contributed by atoms with E-state index in [-0.39, 0.29) is 50.1 Å². The van der Waals surface area contributed by atoms with E-state index in [1.54, 1.807) is 59.9 Å². The fourth-order valence-corrected chi connectivity index (χ4v) is 4.74. The van der Waals surface area contributed by atoms with Gasteiger partial charge in [0.05, 0.1) is 25.0 Å². The second kappa shape index (κ2) is 14.8. The van der Waals surface area contributed by atoms with Crippen LogP contribution in [0, 0.1) is 17.2 Å². The van der Waals surface area contributed by atoms with Crippen molar-refractivity contribution < 1.29 is 38.6 Å². The number of nitrogens with zero attached hydrogens (tertiary/aromatic N) is 1. The third-order valence-electron chi connectivity index (χ3n) is 6.95. The Morgan fingerprint density at radius 3 is 2.53 bits per heavy atom. The van der Waals surface area contributed by atoms with E-state index in [4.69, 9.17) is 24.8 Å². The highest BCUT2D eigenvalue weighted by Gasteiger charge is 2.38. The van der Waals surface area contributed by atoms with E-state index in [1.165, 1.54) is 0 Å². The molecule has 0 radical (unpaired) electrons. The lowest BCUT2D eigenvalue weighted by Crippen LogP contribution is -2.39. The number of esters is 1. The molecule has 0 bridgehead atoms. The van der Waals surface area contributed by atoms with Crippen molar-refractivity contribution in [3.63, 3.8) is 0 Å². The minimum atomic E-state index is -0.993. The summed E-state index contributed by atoms with van der Waals surface area (Å²) in [6.07, 6.45) is 3.57. The van der Waals surface area contributed by atoms with Crippen molar-refractivity contribution >= 4 is 29.5 Å². The van der Waals surface area contributed by atoms with Crippen LogP contribution in [0.2, 0.25) is 0 Å². The SMILES string of the molecule is CCOC(=O)C(CCNC(=O)OCc1ccccc1)Oc1ccc(C(=O)CN2C=C3C=CC(C(=N)NO)C(=O)C3C2)cc1. The second-order valence-electron chi connectivity index (χ2n) is 9.96. The van der Waals surface area contributed by atoms with Crippen molar-refractivity contribution in [2.24, 2.45) is 11.8 Å². The van der Waals surface area contributed by atoms with Crippen LogP contribution in [0.1, 0.15) is 29.3 Å². The molecule has 1 aliphatic carbocycles. The summed E-state index contributed by atoms with van der Waals surface area (Å²) in [6.45, 7) is 2.41. The Bertz CT molecular complexity index is 1390. The van der Waals surface area contributed by atoms with Gasteiger partial charge in [-0.3, -0.25) is 25.7 Å². The van der Waals surface area contributed by atoms with Gasteiger partial charge in [-0.15, -0.1) is 0 Å². The lowest BCUT2D eigenvalue weighted by molar-refractivity contribution is -0.151. The van der Waals surface area contributed by atoms with Gasteiger partial charge in [0, 0.05) is 31.3 Å². The number of Topliss-reactive ketones (excluding diaryl/α,β-unsaturated/α-hetero) is 2. The molecule has 2 aromatic rings. The van der Waals surface area contributed by atoms with Crippen LogP contribution in [0.4, 0.5) is 4.79 Å². The minimum absolute atomic E-state index is 0.0409. The number of carbonyl (C=O) groups is 4. The van der Waals surface area contributed by atoms with Gasteiger partial charge in [-0.05, 0) is 42.3 Å². The highest BCUT2D eigenvalue weighted by molar-refractivity contribution is 6.07. The Balaban J connectivity index is 1.27. The summed E-state index contributed by atoms with van der Waals surface area (Å²) < 4.78 is 16.1. The van der Waals surface area contributed by atoms with E-state index in [1.807, 2.05) is 30.3 Å². The van der Waals surface area contributed by atoms with Crippen molar-refractivity contribution in [2.45, 2.75) is 26.1 Å². The summed E-state index contributed by atoms with van der Waals surface area (Å²) in [6, 6.07) is 15.6. The van der Waals surface area contributed by atoms with Gasteiger partial charge in [0.25, 0.3) is 0 Å². The van der Waals surface area contributed by atoms with E-state index in [9.17, 15) is 19.2 Å². The van der Waals surface area contributed by atoms with Crippen LogP contribution in [-0.2, 0) is 25.7 Å². The number of amidine groups is 1. The first kappa shape index (κ1) is 31.0. The second-order valence-corrected chi connectivity index (χ2v) is 9.96. The minimum Gasteiger partial charge on any atom is -0.479 e. The molecule has 3 unspecified atom stereocenters. The molecule has 0 aromatic heterocycles. The largest absolute Gasteiger partial charge is 0.479 e. The van der Waals surface area contributed by atoms with Crippen LogP contribution in [0.25, 0.3) is 0 Å². The molecule has 12 nitrogen and oxygen atoms in total. The smallest absolute Gasteiger partial charge is 0.407 e. The van der Waals surface area contributed by atoms with E-state index >= 15 is 0 Å². The molecule has 226 valence electrons. The summed E-state index contributed by atoms with van der Waals surface area (Å²) >= 11 is 0. The molecule has 12 heteroatoms. The molecule has 43 heavy (non-hydrogen) atoms. The zero-order valence-electron chi connectivity index (χ0n) is 23.7. The summed E-state index contributed by atoms with van der Waals surface area (Å²) in [5.74, 6) is -2.25. The molecule has 4 rings (SSSR count). The van der Waals surface area contributed by atoms with Crippen LogP contribution < -0.4 is 15.5 Å². The number of hydrogen-bond donors (Lipinski definition) is 4. The van der Waals surface area contributed by atoms with E-state index < -0.39 is 30.0 Å². The zero-order chi connectivity index (χ0) is 30.8. The number of hydrogen-bond acceptors (Lipinski definition) is 10. The molecule has 0 saturated carbocycles. The molecule has 1 heterocycles. The molecule has 0 saturated heterocycles. The molecule has 4 N–H and O–H groups in total. The highest BCUT2D eigenvalue weighted by Crippen LogP contribution is 2.31. The number of hydroxylamine groups is 1. The van der Waals surface area contributed by atoms with Gasteiger partial charge in [0.15, 0.2) is 17.7 Å². The number of fused-ring (bicyclic) bond motifs is 1. The third kappa shape index (κ3) is 8.29. The molecular formula is C31H34N4O8. The predicted octanol–water partition coefficient (Wildman–Crippen LogP) is 3.02. The van der Waals surface area contributed by atoms with E-state index in [0.29, 0.717) is 17.9 Å². The van der Waals surface area contributed by atoms with Gasteiger partial charge in [-0.1, -0.05) is 42.5 Å². The van der Waals surface area contributed by atoms with E-state index in [2.05, 4.69) is 5.32 Å². The van der Waals surface area contributed by atoms with Crippen molar-refractivity contribution in [3.05, 3.63) is 89.6 Å². The van der Waals surface area contributed by atoms with Gasteiger partial charge in [0.1, 0.15) is 18.2 Å². The van der Waals surface area contributed by atoms with Gasteiger partial charge < -0.3 is 24.4 Å². The van der Waals surface area contributed by atoms with Crippen molar-refractivity contribution in [1.29, 1.82) is 5.41 Å². The van der Waals surface area contributed by atoms with Crippen LogP contribution >= 0.6 is 0 Å². The maximum absolute atomic E-state index is 13.0. The van der Waals surface area contributed by atoms with Crippen LogP contribution in [0.5, 0.6) is 5.75 Å². The monoisotopic (exact) mass is 590 g/mol. The number of amides is 1. The number of allylic oxidation sites excluding steroid dienone is 1. The van der Waals surface area contributed by atoms with Crippen molar-refractivity contribution in [1.82, 2.24) is 15.7 Å². The maximum atomic E-state index is 13.0. The molecular weight excluding hydrogens is 556 g/mol. The van der Waals surface area contributed by atoms with Crippen LogP contribution in [0.3, 0.4) is 0 Å². The number of carbonyl (C=O) groups excluding carboxylic acids is 4. The lowest BCUT2D eigenvalue weighted by atomic mass is 9.83. The Morgan fingerprint density at radius 1 is 1.09 bits per heavy atom. The van der Waals surface area contributed by atoms with Gasteiger partial charge in [-0.25, -0.2) is 9.59 Å². The highest BCUT2D eigenvalue weighted by atomic mass is 16.6. The number of rotatable bonds is 13. The van der Waals surface area contributed by atoms with Crippen LogP contribution in [-0.4, -0.2) is 71.9 Å². The van der Waals surface area contributed by atoms with Crippen molar-refractivity contribution in [3.8, 4) is 5.75 Å². The fraction of sp³-hybridized carbons (Fsp3) is 0.323. The summed E-state index contributed by atoms with van der Waals surface area (Å²) in [4.78, 5) is 52.0. The molecule has 2 aliphatic rings. The average Bonchev–Trinajstić information content (AvgIpc) is 3.43. The first-order chi connectivity index (χ1) is 20.8. The number of alkyl carbamates (subject to hydrolysis) is 1. The molecule has 2 aromatic carbocycles. The Labute approximate surface area is 248 Å². The summed E-state index contributed by atoms with van der Waals surface area (Å²) in [5, 5.41) is 19.3. The Hall–Kier alpha value is -4.97. The molecule has 1 aliphatic heterocycles. The molecule has 0 spiro atoms. The third-order valence-corrected chi connectivity index (χ3v) is 6.95. The average molecular weight is 591 g/mol. The fourth-order valence-electron chi connectivity index (χ4n) is 4.74. The quantitative estimate of drug-likeness (QED) is 0.0895. The number of ketones is 2. The van der Waals surface area contributed by atoms with Gasteiger partial charge in [-0.2, -0.15) is 0 Å². The summed E-state index contributed by atoms with van der Waals surface area (Å²) in [7, 11) is 0. The van der Waals surface area contributed by atoms with E-state index in [0.717, 1.165) is 11.1 Å². The first-order valence-electron chi connectivity index (χ1n) is 13.9. The standard InChI is InChI=1S/C31H34N4O8/c1-2-41-30(38)27(14-15-33-31(39)42-19-20-6-4-3-5-7-20)43-23-11-8-21(9-12-23)26(36)18-35-16-22-10-13-24(29(32)34-40)28(37)25(22)17-35/h3-13,16,24-25,27,40H,2,14-15,17-19H2,1H3,(H2,32,34)(H,33,39). The Kier molecular flexibility index (Phi) is 10.6. The first-order valence-corrected chi connectivity index (χ1v) is 13.9. The molecule has 1 amide bonds. The van der Waals surface area contributed by atoms with Gasteiger partial charge in [0.2, 0.25) is 0 Å². The normalized spacial score (nSPS) is 17.8. The molecule has 3 atom stereocenters. The predicted molar refractivity (Wildman–Crippen MR) is 155 cm³/mol. The summed E-state index contributed by atoms with van der Waals surface area (Å²) in [5.41, 5.74) is 3.75. The number of ether oxygens (including phenoxy) is 3. The molecule has 0 fully saturated rings. The lowest BCUT2D eigenvalue weighted by Gasteiger charge is -2.23. The van der Waals surface area contributed by atoms with Crippen LogP contribution in [0.15, 0.2) is 78.5 Å². The maximum Gasteiger partial charge on any atom is 0.407 e. The number of nitrogens with one attached hydrogen (secondary N) is 3. The van der Waals surface area contributed by atoms with Crippen molar-refractivity contribution in [2.75, 3.05) is 26.2 Å². The topological polar surface area (TPSA) is 167 Å². The number of benzene rings is 2.